The molecule has 0 heterocycles. The van der Waals surface area contributed by atoms with Crippen LogP contribution < -0.4 is 5.73 Å². The zero-order valence-corrected chi connectivity index (χ0v) is 8.14. The highest BCUT2D eigenvalue weighted by Crippen LogP contribution is 2.09. The van der Waals surface area contributed by atoms with Gasteiger partial charge in [0.1, 0.15) is 0 Å². The lowest BCUT2D eigenvalue weighted by atomic mass is 10.1. The van der Waals surface area contributed by atoms with Crippen molar-refractivity contribution >= 4 is 0 Å². The lowest BCUT2D eigenvalue weighted by Gasteiger charge is -2.00. The van der Waals surface area contributed by atoms with Crippen molar-refractivity contribution in [3.63, 3.8) is 0 Å². The zero-order chi connectivity index (χ0) is 9.40. The molecule has 0 rings (SSSR count). The highest BCUT2D eigenvalue weighted by atomic mass is 14.5. The van der Waals surface area contributed by atoms with Crippen molar-refractivity contribution in [1.82, 2.24) is 0 Å². The molecular weight excluding hydrogens is 146 g/mol. The topological polar surface area (TPSA) is 26.0 Å². The Morgan fingerprint density at radius 1 is 1.50 bits per heavy atom. The molecule has 2 N–H and O–H groups in total. The molecule has 0 atom stereocenters. The molecule has 0 radical (unpaired) electrons. The van der Waals surface area contributed by atoms with Gasteiger partial charge in [0.2, 0.25) is 0 Å². The van der Waals surface area contributed by atoms with Gasteiger partial charge in [0.05, 0.1) is 0 Å². The van der Waals surface area contributed by atoms with Crippen molar-refractivity contribution in [2.24, 2.45) is 5.73 Å². The highest BCUT2D eigenvalue weighted by Gasteiger charge is 1.91. The summed E-state index contributed by atoms with van der Waals surface area (Å²) in [6, 6.07) is 0. The number of nitrogens with two attached hydrogens (primary N) is 1. The van der Waals surface area contributed by atoms with E-state index in [1.54, 1.807) is 0 Å². The summed E-state index contributed by atoms with van der Waals surface area (Å²) in [6.07, 6.45) is 8.27. The van der Waals surface area contributed by atoms with E-state index in [-0.39, 0.29) is 0 Å². The van der Waals surface area contributed by atoms with Gasteiger partial charge in [0, 0.05) is 0 Å². The molecular formula is C11H19N. The van der Waals surface area contributed by atoms with Crippen LogP contribution in [0.1, 0.15) is 26.7 Å². The van der Waals surface area contributed by atoms with E-state index in [2.05, 4.69) is 32.6 Å². The third-order valence-corrected chi connectivity index (χ3v) is 1.78. The minimum absolute atomic E-state index is 0.762. The molecule has 12 heavy (non-hydrogen) atoms. The van der Waals surface area contributed by atoms with Gasteiger partial charge in [0.15, 0.2) is 0 Å². The fourth-order valence-electron chi connectivity index (χ4n) is 0.957. The molecule has 0 aliphatic heterocycles. The first-order valence-corrected chi connectivity index (χ1v) is 4.40. The third-order valence-electron chi connectivity index (χ3n) is 1.78. The predicted octanol–water partition coefficient (Wildman–Crippen LogP) is 2.80. The Morgan fingerprint density at radius 2 is 2.17 bits per heavy atom. The summed E-state index contributed by atoms with van der Waals surface area (Å²) in [4.78, 5) is 0. The molecule has 0 aromatic heterocycles. The molecule has 0 aliphatic carbocycles. The van der Waals surface area contributed by atoms with Crippen molar-refractivity contribution in [1.29, 1.82) is 0 Å². The van der Waals surface area contributed by atoms with Crippen molar-refractivity contribution < 1.29 is 0 Å². The second kappa shape index (κ2) is 6.86. The second-order valence-electron chi connectivity index (χ2n) is 2.85. The summed E-state index contributed by atoms with van der Waals surface area (Å²) in [6.45, 7) is 8.58. The molecule has 0 aromatic carbocycles. The van der Waals surface area contributed by atoms with E-state index in [0.717, 1.165) is 19.4 Å². The summed E-state index contributed by atoms with van der Waals surface area (Å²) in [7, 11) is 0. The Bertz CT molecular complexity index is 187. The van der Waals surface area contributed by atoms with E-state index in [1.807, 2.05) is 6.08 Å². The molecule has 1 heteroatoms. The maximum atomic E-state index is 5.43. The first-order valence-electron chi connectivity index (χ1n) is 4.40. The number of allylic oxidation sites excluding steroid dienone is 5. The molecule has 1 nitrogen and oxygen atoms in total. The van der Waals surface area contributed by atoms with E-state index >= 15 is 0 Å². The summed E-state index contributed by atoms with van der Waals surface area (Å²) in [5, 5.41) is 0. The minimum atomic E-state index is 0.762. The van der Waals surface area contributed by atoms with Gasteiger partial charge in [-0.25, -0.2) is 0 Å². The molecule has 68 valence electrons. The van der Waals surface area contributed by atoms with Gasteiger partial charge in [-0.05, 0) is 33.2 Å². The van der Waals surface area contributed by atoms with Gasteiger partial charge < -0.3 is 5.73 Å². The van der Waals surface area contributed by atoms with Gasteiger partial charge in [-0.2, -0.15) is 0 Å². The molecule has 0 amide bonds. The Labute approximate surface area is 75.7 Å². The van der Waals surface area contributed by atoms with Gasteiger partial charge in [-0.3, -0.25) is 0 Å². The van der Waals surface area contributed by atoms with Crippen molar-refractivity contribution in [2.75, 3.05) is 6.54 Å². The Balaban J connectivity index is 4.09. The van der Waals surface area contributed by atoms with E-state index in [0.29, 0.717) is 0 Å². The van der Waals surface area contributed by atoms with Crippen molar-refractivity contribution in [3.05, 3.63) is 36.0 Å². The molecule has 0 fully saturated rings. The van der Waals surface area contributed by atoms with Crippen LogP contribution in [-0.4, -0.2) is 6.54 Å². The standard InChI is InChI=1S/C11H19N/c1-4-10(3)9-11(5-2)7-6-8-12/h4-5,9H,1,6-8,12H2,2-3H3/b10-9-,11-5-. The Hall–Kier alpha value is -0.820. The molecule has 0 saturated carbocycles. The SMILES string of the molecule is C=C/C(C)=C\C(=C/C)CCCN. The van der Waals surface area contributed by atoms with Gasteiger partial charge in [0.25, 0.3) is 0 Å². The lowest BCUT2D eigenvalue weighted by molar-refractivity contribution is 0.834. The first kappa shape index (κ1) is 11.2. The van der Waals surface area contributed by atoms with E-state index in [1.165, 1.54) is 11.1 Å². The minimum Gasteiger partial charge on any atom is -0.330 e. The van der Waals surface area contributed by atoms with Crippen LogP contribution in [0.4, 0.5) is 0 Å². The summed E-state index contributed by atoms with van der Waals surface area (Å²) >= 11 is 0. The van der Waals surface area contributed by atoms with Crippen LogP contribution in [0.15, 0.2) is 36.0 Å². The first-order chi connectivity index (χ1) is 5.74. The third kappa shape index (κ3) is 4.91. The van der Waals surface area contributed by atoms with Crippen LogP contribution in [0, 0.1) is 0 Å². The van der Waals surface area contributed by atoms with Crippen LogP contribution in [0.5, 0.6) is 0 Å². The smallest absolute Gasteiger partial charge is 0.00741 e. The summed E-state index contributed by atoms with van der Waals surface area (Å²) in [5.74, 6) is 0. The van der Waals surface area contributed by atoms with E-state index in [4.69, 9.17) is 5.73 Å². The van der Waals surface area contributed by atoms with E-state index in [9.17, 15) is 0 Å². The molecule has 0 saturated heterocycles. The predicted molar refractivity (Wildman–Crippen MR) is 56.0 cm³/mol. The van der Waals surface area contributed by atoms with Crippen LogP contribution in [0.2, 0.25) is 0 Å². The van der Waals surface area contributed by atoms with Crippen LogP contribution in [-0.2, 0) is 0 Å². The molecule has 0 bridgehead atoms. The van der Waals surface area contributed by atoms with Gasteiger partial charge in [-0.15, -0.1) is 0 Å². The zero-order valence-electron chi connectivity index (χ0n) is 8.14. The average Bonchev–Trinajstić information content (AvgIpc) is 2.11. The molecule has 0 unspecified atom stereocenters. The summed E-state index contributed by atoms with van der Waals surface area (Å²) in [5.41, 5.74) is 7.98. The fraction of sp³-hybridized carbons (Fsp3) is 0.455. The fourth-order valence-corrected chi connectivity index (χ4v) is 0.957. The lowest BCUT2D eigenvalue weighted by Crippen LogP contribution is -1.98. The van der Waals surface area contributed by atoms with Crippen LogP contribution in [0.3, 0.4) is 0 Å². The normalized spacial score (nSPS) is 13.2. The largest absolute Gasteiger partial charge is 0.330 e. The van der Waals surface area contributed by atoms with Crippen molar-refractivity contribution in [2.45, 2.75) is 26.7 Å². The second-order valence-corrected chi connectivity index (χ2v) is 2.85. The van der Waals surface area contributed by atoms with E-state index < -0.39 is 0 Å². The number of rotatable bonds is 5. The van der Waals surface area contributed by atoms with Crippen LogP contribution >= 0.6 is 0 Å². The number of hydrogen-bond acceptors (Lipinski definition) is 1. The quantitative estimate of drug-likeness (QED) is 0.623. The van der Waals surface area contributed by atoms with Gasteiger partial charge in [-0.1, -0.05) is 36.0 Å². The maximum absolute atomic E-state index is 5.43. The molecule has 0 aliphatic rings. The van der Waals surface area contributed by atoms with Crippen molar-refractivity contribution in [3.8, 4) is 0 Å². The van der Waals surface area contributed by atoms with Gasteiger partial charge >= 0.3 is 0 Å². The highest BCUT2D eigenvalue weighted by molar-refractivity contribution is 5.27. The average molecular weight is 165 g/mol. The summed E-state index contributed by atoms with van der Waals surface area (Å²) < 4.78 is 0. The Morgan fingerprint density at radius 3 is 2.58 bits per heavy atom. The maximum Gasteiger partial charge on any atom is -0.00741 e. The molecule has 0 aromatic rings. The van der Waals surface area contributed by atoms with Crippen LogP contribution in [0.25, 0.3) is 0 Å². The Kier molecular flexibility index (Phi) is 6.39. The molecule has 0 spiro atoms. The number of hydrogen-bond donors (Lipinski definition) is 1. The monoisotopic (exact) mass is 165 g/mol.